The fourth-order valence-corrected chi connectivity index (χ4v) is 6.36. The summed E-state index contributed by atoms with van der Waals surface area (Å²) in [4.78, 5) is 32.7. The fraction of sp³-hybridized carbons (Fsp3) is 0.0968. The van der Waals surface area contributed by atoms with Crippen LogP contribution < -0.4 is 10.2 Å². The molecule has 0 bridgehead atoms. The zero-order valence-electron chi connectivity index (χ0n) is 20.8. The number of rotatable bonds is 6. The number of hydrogen-bond acceptors (Lipinski definition) is 3. The van der Waals surface area contributed by atoms with Crippen LogP contribution in [0.2, 0.25) is 5.02 Å². The largest absolute Gasteiger partial charge is 0.361 e. The van der Waals surface area contributed by atoms with E-state index >= 15 is 0 Å². The van der Waals surface area contributed by atoms with Crippen LogP contribution in [0.15, 0.2) is 107 Å². The van der Waals surface area contributed by atoms with Gasteiger partial charge in [0.05, 0.1) is 38.4 Å². The van der Waals surface area contributed by atoms with Crippen molar-refractivity contribution in [1.82, 2.24) is 10.3 Å². The molecule has 2 N–H and O–H groups in total. The molecule has 1 aliphatic rings. The molecule has 6 rings (SSSR count). The first kappa shape index (κ1) is 25.1. The van der Waals surface area contributed by atoms with E-state index in [2.05, 4.69) is 16.4 Å². The fourth-order valence-electron chi connectivity index (χ4n) is 4.89. The first-order valence-corrected chi connectivity index (χ1v) is 14.1. The van der Waals surface area contributed by atoms with Crippen LogP contribution in [0.25, 0.3) is 10.9 Å². The molecule has 4 aromatic carbocycles. The number of para-hydroxylation sites is 1. The van der Waals surface area contributed by atoms with Gasteiger partial charge in [-0.05, 0) is 66.1 Å². The average molecular weight is 554 g/mol. The number of nitrogens with one attached hydrogen (secondary N) is 2. The number of carbonyl (C=O) groups excluding carboxylic acids is 2. The molecule has 1 aliphatic heterocycles. The third-order valence-electron chi connectivity index (χ3n) is 6.88. The van der Waals surface area contributed by atoms with Gasteiger partial charge < -0.3 is 15.2 Å². The topological polar surface area (TPSA) is 82.3 Å². The van der Waals surface area contributed by atoms with Crippen LogP contribution in [0.5, 0.6) is 0 Å². The quantitative estimate of drug-likeness (QED) is 0.266. The molecular formula is C31H24ClN3O3S. The lowest BCUT2D eigenvalue weighted by molar-refractivity contribution is 0.0950. The van der Waals surface area contributed by atoms with E-state index in [1.54, 1.807) is 59.5 Å². The van der Waals surface area contributed by atoms with Gasteiger partial charge in [0.1, 0.15) is 0 Å². The summed E-state index contributed by atoms with van der Waals surface area (Å²) in [7, 11) is -1.59. The summed E-state index contributed by atoms with van der Waals surface area (Å²) in [6, 6.07) is 27.2. The van der Waals surface area contributed by atoms with E-state index in [1.807, 2.05) is 36.5 Å². The molecular weight excluding hydrogens is 530 g/mol. The van der Waals surface area contributed by atoms with Crippen LogP contribution in [-0.2, 0) is 23.8 Å². The van der Waals surface area contributed by atoms with Crippen molar-refractivity contribution in [2.24, 2.45) is 0 Å². The van der Waals surface area contributed by atoms with Gasteiger partial charge in [-0.1, -0.05) is 54.1 Å². The number of aromatic nitrogens is 1. The van der Waals surface area contributed by atoms with Crippen LogP contribution in [-0.4, -0.2) is 27.6 Å². The highest BCUT2D eigenvalue weighted by atomic mass is 35.5. The van der Waals surface area contributed by atoms with Gasteiger partial charge in [-0.2, -0.15) is 0 Å². The van der Waals surface area contributed by atoms with E-state index in [9.17, 15) is 13.8 Å². The molecule has 194 valence electrons. The molecule has 0 fully saturated rings. The van der Waals surface area contributed by atoms with Crippen LogP contribution in [0.4, 0.5) is 5.69 Å². The third-order valence-corrected chi connectivity index (χ3v) is 8.63. The molecule has 0 saturated heterocycles. The minimum absolute atomic E-state index is 0.236. The molecule has 5 aromatic rings. The van der Waals surface area contributed by atoms with Crippen LogP contribution in [0, 0.1) is 0 Å². The molecule has 8 heteroatoms. The second-order valence-corrected chi connectivity index (χ2v) is 11.2. The molecule has 0 unspecified atom stereocenters. The van der Waals surface area contributed by atoms with Crippen molar-refractivity contribution in [1.29, 1.82) is 0 Å². The predicted octanol–water partition coefficient (Wildman–Crippen LogP) is 6.12. The van der Waals surface area contributed by atoms with Crippen LogP contribution in [0.1, 0.15) is 31.8 Å². The molecule has 0 saturated carbocycles. The van der Waals surface area contributed by atoms with E-state index in [1.165, 1.54) is 0 Å². The number of amides is 2. The van der Waals surface area contributed by atoms with Crippen LogP contribution >= 0.6 is 11.6 Å². The first-order chi connectivity index (χ1) is 19.0. The molecule has 0 spiro atoms. The SMILES string of the molecule is O=C(NCCc1c[nH]c2ccccc12)c1ccc2c(c1)N(Cc1ccc(Cl)cc1)C(=O)c1ccccc1[S@@]2=O. The Labute approximate surface area is 233 Å². The summed E-state index contributed by atoms with van der Waals surface area (Å²) in [5.74, 6) is -0.534. The van der Waals surface area contributed by atoms with Gasteiger partial charge in [0.2, 0.25) is 0 Å². The molecule has 2 amide bonds. The number of halogens is 1. The number of nitrogens with zero attached hydrogens (tertiary/aromatic N) is 1. The highest BCUT2D eigenvalue weighted by Gasteiger charge is 2.31. The van der Waals surface area contributed by atoms with E-state index in [4.69, 9.17) is 11.6 Å². The third kappa shape index (κ3) is 4.87. The number of H-pyrrole nitrogens is 1. The Balaban J connectivity index is 1.30. The zero-order valence-corrected chi connectivity index (χ0v) is 22.4. The van der Waals surface area contributed by atoms with E-state index in [-0.39, 0.29) is 18.4 Å². The summed E-state index contributed by atoms with van der Waals surface area (Å²) < 4.78 is 13.6. The lowest BCUT2D eigenvalue weighted by atomic mass is 10.1. The summed E-state index contributed by atoms with van der Waals surface area (Å²) in [6.45, 7) is 0.683. The van der Waals surface area contributed by atoms with Crippen molar-refractivity contribution < 1.29 is 13.8 Å². The van der Waals surface area contributed by atoms with Crippen molar-refractivity contribution in [3.63, 3.8) is 0 Å². The monoisotopic (exact) mass is 553 g/mol. The number of carbonyl (C=O) groups is 2. The smallest absolute Gasteiger partial charge is 0.259 e. The molecule has 0 aliphatic carbocycles. The Morgan fingerprint density at radius 3 is 2.54 bits per heavy atom. The Hall–Kier alpha value is -4.20. The molecule has 2 heterocycles. The number of anilines is 1. The van der Waals surface area contributed by atoms with Gasteiger partial charge in [0.15, 0.2) is 0 Å². The number of benzene rings is 4. The molecule has 1 atom stereocenters. The van der Waals surface area contributed by atoms with Gasteiger partial charge >= 0.3 is 0 Å². The molecule has 39 heavy (non-hydrogen) atoms. The van der Waals surface area contributed by atoms with Gasteiger partial charge in [0, 0.05) is 34.2 Å². The lowest BCUT2D eigenvalue weighted by Crippen LogP contribution is -2.31. The molecule has 0 radical (unpaired) electrons. The summed E-state index contributed by atoms with van der Waals surface area (Å²) in [6.07, 6.45) is 2.63. The van der Waals surface area contributed by atoms with Gasteiger partial charge in [-0.3, -0.25) is 9.59 Å². The average Bonchev–Trinajstić information content (AvgIpc) is 3.35. The predicted molar refractivity (Wildman–Crippen MR) is 154 cm³/mol. The van der Waals surface area contributed by atoms with Gasteiger partial charge in [-0.25, -0.2) is 4.21 Å². The van der Waals surface area contributed by atoms with E-state index in [0.717, 1.165) is 22.0 Å². The molecule has 1 aromatic heterocycles. The minimum Gasteiger partial charge on any atom is -0.361 e. The zero-order chi connectivity index (χ0) is 26.9. The summed E-state index contributed by atoms with van der Waals surface area (Å²) in [5.41, 5.74) is 4.27. The van der Waals surface area contributed by atoms with Gasteiger partial charge in [-0.15, -0.1) is 0 Å². The van der Waals surface area contributed by atoms with Crippen molar-refractivity contribution in [3.8, 4) is 0 Å². The second-order valence-electron chi connectivity index (χ2n) is 9.33. The van der Waals surface area contributed by atoms with Crippen molar-refractivity contribution in [2.45, 2.75) is 22.8 Å². The van der Waals surface area contributed by atoms with Crippen molar-refractivity contribution in [3.05, 3.63) is 124 Å². The van der Waals surface area contributed by atoms with E-state index in [0.29, 0.717) is 44.6 Å². The molecule has 6 nitrogen and oxygen atoms in total. The Bertz CT molecular complexity index is 1750. The minimum atomic E-state index is -1.59. The van der Waals surface area contributed by atoms with Crippen molar-refractivity contribution in [2.75, 3.05) is 11.4 Å². The number of fused-ring (bicyclic) bond motifs is 3. The van der Waals surface area contributed by atoms with Crippen LogP contribution in [0.3, 0.4) is 0 Å². The maximum Gasteiger partial charge on any atom is 0.259 e. The first-order valence-electron chi connectivity index (χ1n) is 12.5. The maximum absolute atomic E-state index is 13.8. The Morgan fingerprint density at radius 2 is 1.69 bits per heavy atom. The van der Waals surface area contributed by atoms with Crippen molar-refractivity contribution >= 4 is 50.8 Å². The summed E-state index contributed by atoms with van der Waals surface area (Å²) in [5, 5.41) is 4.72. The highest BCUT2D eigenvalue weighted by molar-refractivity contribution is 7.85. The number of hydrogen-bond donors (Lipinski definition) is 2. The number of aromatic amines is 1. The Morgan fingerprint density at radius 1 is 0.923 bits per heavy atom. The van der Waals surface area contributed by atoms with E-state index < -0.39 is 10.8 Å². The normalized spacial score (nSPS) is 14.5. The summed E-state index contributed by atoms with van der Waals surface area (Å²) >= 11 is 6.07. The van der Waals surface area contributed by atoms with Gasteiger partial charge in [0.25, 0.3) is 11.8 Å². The lowest BCUT2D eigenvalue weighted by Gasteiger charge is -2.23. The maximum atomic E-state index is 13.8. The second kappa shape index (κ2) is 10.5. The highest BCUT2D eigenvalue weighted by Crippen LogP contribution is 2.36. The standard InChI is InChI=1S/C31H24ClN3O3S/c32-23-12-9-20(10-13-23)19-35-27-17-21(11-14-29(27)39(38)28-8-4-2-6-25(28)31(35)37)30(36)33-16-15-22-18-34-26-7-3-1-5-24(22)26/h1-14,17-18,34H,15-16,19H2,(H,33,36)/t39-/m0/s1. The Kier molecular flexibility index (Phi) is 6.77.